The van der Waals surface area contributed by atoms with E-state index in [1.807, 2.05) is 6.07 Å². The molecule has 1 heterocycles. The molecule has 0 spiro atoms. The first-order chi connectivity index (χ1) is 8.72. The third-order valence-corrected chi connectivity index (χ3v) is 4.64. The highest BCUT2D eigenvalue weighted by molar-refractivity contribution is 9.10. The monoisotopic (exact) mass is 311 g/mol. The van der Waals surface area contributed by atoms with Gasteiger partial charge in [-0.1, -0.05) is 22.9 Å². The zero-order chi connectivity index (χ0) is 12.8. The predicted octanol–water partition coefficient (Wildman–Crippen LogP) is 2.77. The molecule has 1 aromatic carbocycles. The van der Waals surface area contributed by atoms with Crippen molar-refractivity contribution in [2.24, 2.45) is 5.73 Å². The molecule has 1 fully saturated rings. The summed E-state index contributed by atoms with van der Waals surface area (Å²) in [7, 11) is 0. The molecular weight excluding hydrogens is 294 g/mol. The maximum atomic E-state index is 5.98. The van der Waals surface area contributed by atoms with Crippen molar-refractivity contribution in [1.82, 2.24) is 0 Å². The van der Waals surface area contributed by atoms with Crippen molar-refractivity contribution < 1.29 is 9.47 Å². The van der Waals surface area contributed by atoms with Crippen LogP contribution in [0.2, 0.25) is 0 Å². The summed E-state index contributed by atoms with van der Waals surface area (Å²) < 4.78 is 12.6. The Bertz CT molecular complexity index is 483. The van der Waals surface area contributed by atoms with Crippen molar-refractivity contribution in [3.05, 3.63) is 21.7 Å². The van der Waals surface area contributed by atoms with E-state index in [2.05, 4.69) is 22.9 Å². The minimum absolute atomic E-state index is 0.167. The van der Waals surface area contributed by atoms with Crippen LogP contribution in [0.15, 0.2) is 10.5 Å². The first-order valence-electron chi connectivity index (χ1n) is 6.53. The topological polar surface area (TPSA) is 44.5 Å². The van der Waals surface area contributed by atoms with Gasteiger partial charge < -0.3 is 15.2 Å². The van der Waals surface area contributed by atoms with Crippen LogP contribution < -0.4 is 15.2 Å². The van der Waals surface area contributed by atoms with Gasteiger partial charge in [0, 0.05) is 22.0 Å². The Kier molecular flexibility index (Phi) is 3.02. The maximum Gasteiger partial charge on any atom is 0.164 e. The number of nitrogens with two attached hydrogens (primary N) is 1. The standard InChI is InChI=1S/C14H18BrNO2/c1-2-9-12(14(8-16)3-4-14)10(15)7-11-13(9)18-6-5-17-11/h7H,2-6,8,16H2,1H3. The van der Waals surface area contributed by atoms with Gasteiger partial charge >= 0.3 is 0 Å². The Morgan fingerprint density at radius 1 is 1.33 bits per heavy atom. The lowest BCUT2D eigenvalue weighted by atomic mass is 9.89. The minimum atomic E-state index is 0.167. The molecule has 0 atom stereocenters. The second-order valence-corrected chi connectivity index (χ2v) is 5.93. The van der Waals surface area contributed by atoms with Gasteiger partial charge in [-0.25, -0.2) is 0 Å². The maximum absolute atomic E-state index is 5.98. The third-order valence-electron chi connectivity index (χ3n) is 4.01. The van der Waals surface area contributed by atoms with Gasteiger partial charge in [0.1, 0.15) is 13.2 Å². The summed E-state index contributed by atoms with van der Waals surface area (Å²) in [6.45, 7) is 4.13. The van der Waals surface area contributed by atoms with E-state index >= 15 is 0 Å². The highest BCUT2D eigenvalue weighted by Crippen LogP contribution is 2.54. The van der Waals surface area contributed by atoms with E-state index in [0.717, 1.165) is 22.4 Å². The Balaban J connectivity index is 2.19. The number of hydrogen-bond donors (Lipinski definition) is 1. The normalized spacial score (nSPS) is 19.7. The van der Waals surface area contributed by atoms with E-state index in [4.69, 9.17) is 15.2 Å². The molecule has 0 radical (unpaired) electrons. The Labute approximate surface area is 116 Å². The highest BCUT2D eigenvalue weighted by atomic mass is 79.9. The van der Waals surface area contributed by atoms with E-state index in [1.54, 1.807) is 0 Å². The van der Waals surface area contributed by atoms with E-state index < -0.39 is 0 Å². The molecule has 0 amide bonds. The minimum Gasteiger partial charge on any atom is -0.486 e. The van der Waals surface area contributed by atoms with Crippen molar-refractivity contribution in [1.29, 1.82) is 0 Å². The lowest BCUT2D eigenvalue weighted by Crippen LogP contribution is -2.24. The third kappa shape index (κ3) is 1.74. The number of ether oxygens (including phenoxy) is 2. The highest BCUT2D eigenvalue weighted by Gasteiger charge is 2.46. The fourth-order valence-electron chi connectivity index (χ4n) is 2.84. The summed E-state index contributed by atoms with van der Waals surface area (Å²) in [5.74, 6) is 1.79. The molecule has 0 aromatic heterocycles. The van der Waals surface area contributed by atoms with Crippen molar-refractivity contribution in [3.8, 4) is 11.5 Å². The van der Waals surface area contributed by atoms with Gasteiger partial charge in [0.25, 0.3) is 0 Å². The zero-order valence-corrected chi connectivity index (χ0v) is 12.2. The SMILES string of the molecule is CCc1c2c(cc(Br)c1C1(CN)CC1)OCCO2. The fourth-order valence-corrected chi connectivity index (χ4v) is 3.71. The molecule has 18 heavy (non-hydrogen) atoms. The van der Waals surface area contributed by atoms with Crippen LogP contribution in [0, 0.1) is 0 Å². The van der Waals surface area contributed by atoms with Crippen molar-refractivity contribution >= 4 is 15.9 Å². The predicted molar refractivity (Wildman–Crippen MR) is 74.5 cm³/mol. The van der Waals surface area contributed by atoms with Crippen molar-refractivity contribution in [3.63, 3.8) is 0 Å². The van der Waals surface area contributed by atoms with Crippen LogP contribution in [0.3, 0.4) is 0 Å². The summed E-state index contributed by atoms with van der Waals surface area (Å²) in [5.41, 5.74) is 8.75. The molecule has 0 bridgehead atoms. The lowest BCUT2D eigenvalue weighted by Gasteiger charge is -2.27. The first kappa shape index (κ1) is 12.3. The summed E-state index contributed by atoms with van der Waals surface area (Å²) >= 11 is 3.69. The van der Waals surface area contributed by atoms with Crippen LogP contribution in [0.5, 0.6) is 11.5 Å². The van der Waals surface area contributed by atoms with Gasteiger partial charge in [-0.3, -0.25) is 0 Å². The number of halogens is 1. The van der Waals surface area contributed by atoms with Crippen LogP contribution in [-0.2, 0) is 11.8 Å². The number of hydrogen-bond acceptors (Lipinski definition) is 3. The number of rotatable bonds is 3. The van der Waals surface area contributed by atoms with E-state index in [1.165, 1.54) is 24.0 Å². The van der Waals surface area contributed by atoms with Gasteiger partial charge in [-0.05, 0) is 30.9 Å². The molecule has 0 unspecified atom stereocenters. The second kappa shape index (κ2) is 4.42. The number of fused-ring (bicyclic) bond motifs is 1. The molecule has 3 nitrogen and oxygen atoms in total. The molecule has 0 saturated heterocycles. The molecule has 1 saturated carbocycles. The molecule has 2 aliphatic rings. The Morgan fingerprint density at radius 3 is 2.67 bits per heavy atom. The van der Waals surface area contributed by atoms with Gasteiger partial charge in [0.2, 0.25) is 0 Å². The fraction of sp³-hybridized carbons (Fsp3) is 0.571. The molecule has 1 aromatic rings. The summed E-state index contributed by atoms with van der Waals surface area (Å²) in [6, 6.07) is 2.04. The Morgan fingerprint density at radius 2 is 2.06 bits per heavy atom. The zero-order valence-electron chi connectivity index (χ0n) is 10.6. The lowest BCUT2D eigenvalue weighted by molar-refractivity contribution is 0.169. The molecule has 3 rings (SSSR count). The average Bonchev–Trinajstić information content (AvgIpc) is 3.18. The molecule has 98 valence electrons. The first-order valence-corrected chi connectivity index (χ1v) is 7.32. The van der Waals surface area contributed by atoms with Gasteiger partial charge in [0.05, 0.1) is 0 Å². The van der Waals surface area contributed by atoms with E-state index in [9.17, 15) is 0 Å². The van der Waals surface area contributed by atoms with Crippen LogP contribution >= 0.6 is 15.9 Å². The molecule has 4 heteroatoms. The van der Waals surface area contributed by atoms with E-state index in [-0.39, 0.29) is 5.41 Å². The van der Waals surface area contributed by atoms with Crippen LogP contribution in [0.1, 0.15) is 30.9 Å². The smallest absolute Gasteiger partial charge is 0.164 e. The van der Waals surface area contributed by atoms with Gasteiger partial charge in [-0.2, -0.15) is 0 Å². The Hall–Kier alpha value is -0.740. The van der Waals surface area contributed by atoms with Crippen LogP contribution in [0.25, 0.3) is 0 Å². The molecule has 2 N–H and O–H groups in total. The molecular formula is C14H18BrNO2. The quantitative estimate of drug-likeness (QED) is 0.933. The van der Waals surface area contributed by atoms with E-state index in [0.29, 0.717) is 19.8 Å². The van der Waals surface area contributed by atoms with Gasteiger partial charge in [0.15, 0.2) is 11.5 Å². The molecule has 1 aliphatic heterocycles. The van der Waals surface area contributed by atoms with Gasteiger partial charge in [-0.15, -0.1) is 0 Å². The average molecular weight is 312 g/mol. The van der Waals surface area contributed by atoms with Crippen molar-refractivity contribution in [2.45, 2.75) is 31.6 Å². The number of benzene rings is 1. The van der Waals surface area contributed by atoms with Crippen LogP contribution in [-0.4, -0.2) is 19.8 Å². The second-order valence-electron chi connectivity index (χ2n) is 5.07. The largest absolute Gasteiger partial charge is 0.486 e. The summed E-state index contributed by atoms with van der Waals surface area (Å²) in [5, 5.41) is 0. The summed E-state index contributed by atoms with van der Waals surface area (Å²) in [4.78, 5) is 0. The van der Waals surface area contributed by atoms with Crippen LogP contribution in [0.4, 0.5) is 0 Å². The molecule has 1 aliphatic carbocycles. The summed E-state index contributed by atoms with van der Waals surface area (Å²) in [6.07, 6.45) is 3.30. The van der Waals surface area contributed by atoms with Crippen molar-refractivity contribution in [2.75, 3.05) is 19.8 Å².